The van der Waals surface area contributed by atoms with Crippen molar-refractivity contribution < 1.29 is 19.2 Å². The Kier molecular flexibility index (Phi) is 17.0. The summed E-state index contributed by atoms with van der Waals surface area (Å²) < 4.78 is 2.05. The number of likely N-dealkylation sites (N-methyl/N-ethyl adjacent to an activating group) is 2. The first kappa shape index (κ1) is 53.7. The van der Waals surface area contributed by atoms with Gasteiger partial charge in [-0.1, -0.05) is 49.6 Å². The number of nitrogen functional groups attached to an aromatic ring is 2. The van der Waals surface area contributed by atoms with Crippen molar-refractivity contribution in [1.82, 2.24) is 54.0 Å². The molecule has 0 aliphatic carbocycles. The van der Waals surface area contributed by atoms with Crippen LogP contribution < -0.4 is 37.6 Å². The second-order valence-electron chi connectivity index (χ2n) is 19.4. The van der Waals surface area contributed by atoms with Crippen LogP contribution >= 0.6 is 0 Å². The lowest BCUT2D eigenvalue weighted by molar-refractivity contribution is -0.124. The van der Waals surface area contributed by atoms with Gasteiger partial charge in [-0.3, -0.25) is 14.5 Å². The summed E-state index contributed by atoms with van der Waals surface area (Å²) in [5, 5.41) is 20.3. The van der Waals surface area contributed by atoms with E-state index in [0.717, 1.165) is 121 Å². The van der Waals surface area contributed by atoms with E-state index in [9.17, 15) is 19.2 Å². The number of piperazine rings is 2. The van der Waals surface area contributed by atoms with Gasteiger partial charge < -0.3 is 57.2 Å². The molecular formula is C56H66N18O4. The van der Waals surface area contributed by atoms with E-state index >= 15 is 0 Å². The lowest BCUT2D eigenvalue weighted by Crippen LogP contribution is -2.44. The zero-order valence-corrected chi connectivity index (χ0v) is 44.0. The van der Waals surface area contributed by atoms with Gasteiger partial charge in [0.05, 0.1) is 0 Å². The fourth-order valence-corrected chi connectivity index (χ4v) is 9.31. The van der Waals surface area contributed by atoms with Crippen LogP contribution in [0.3, 0.4) is 0 Å². The number of aromatic nitrogens is 6. The molecule has 0 saturated carbocycles. The number of amides is 4. The van der Waals surface area contributed by atoms with Crippen LogP contribution in [0.4, 0.5) is 61.8 Å². The first-order valence-electron chi connectivity index (χ1n) is 25.9. The summed E-state index contributed by atoms with van der Waals surface area (Å²) in [5.74, 6) is 0.177. The SMILES string of the molecule is C=CC(=O)N1C=C(c2ccc(NC(=O)n3nc(Nc4ccc(CN5CCN(C)CC5)cc4)nc3N)cc2)CCC1.C=CC(=O)N1C=C(c2ccc(NC(=O)n3nc(Nc4ccc(N5CCN(C)CC5)cc4)nc3N)cc2)CC1. The van der Waals surface area contributed by atoms with Crippen molar-refractivity contribution in [3.05, 3.63) is 151 Å². The molecule has 4 aliphatic rings. The maximum Gasteiger partial charge on any atom is 0.349 e. The van der Waals surface area contributed by atoms with Crippen molar-refractivity contribution in [3.63, 3.8) is 0 Å². The number of carbonyl (C=O) groups is 4. The third-order valence-electron chi connectivity index (χ3n) is 13.9. The molecule has 2 fully saturated rings. The van der Waals surface area contributed by atoms with E-state index in [-0.39, 0.29) is 35.6 Å². The smallest absolute Gasteiger partial charge is 0.349 e. The van der Waals surface area contributed by atoms with Crippen LogP contribution in [0.5, 0.6) is 0 Å². The molecule has 0 bridgehead atoms. The van der Waals surface area contributed by atoms with Crippen LogP contribution in [0, 0.1) is 0 Å². The molecule has 4 amide bonds. The third-order valence-corrected chi connectivity index (χ3v) is 13.9. The van der Waals surface area contributed by atoms with Crippen molar-refractivity contribution in [3.8, 4) is 0 Å². The molecule has 0 atom stereocenters. The molecule has 10 rings (SSSR count). The summed E-state index contributed by atoms with van der Waals surface area (Å²) in [4.78, 5) is 70.6. The van der Waals surface area contributed by atoms with Crippen LogP contribution in [0.15, 0.2) is 135 Å². The summed E-state index contributed by atoms with van der Waals surface area (Å²) in [5.41, 5.74) is 21.2. The molecule has 0 spiro atoms. The summed E-state index contributed by atoms with van der Waals surface area (Å²) in [6.45, 7) is 17.7. The summed E-state index contributed by atoms with van der Waals surface area (Å²) in [7, 11) is 4.29. The number of hydrogen-bond acceptors (Lipinski definition) is 16. The number of carbonyl (C=O) groups excluding carboxylic acids is 4. The van der Waals surface area contributed by atoms with Crippen molar-refractivity contribution in [2.75, 3.05) is 117 Å². The van der Waals surface area contributed by atoms with Gasteiger partial charge in [-0.15, -0.1) is 19.6 Å². The number of nitrogens with two attached hydrogens (primary N) is 2. The highest BCUT2D eigenvalue weighted by atomic mass is 16.2. The zero-order chi connectivity index (χ0) is 54.7. The van der Waals surface area contributed by atoms with Gasteiger partial charge in [-0.25, -0.2) is 9.59 Å². The largest absolute Gasteiger partial charge is 0.369 e. The maximum absolute atomic E-state index is 12.9. The highest BCUT2D eigenvalue weighted by Crippen LogP contribution is 2.29. The molecular weight excluding hydrogens is 989 g/mol. The predicted molar refractivity (Wildman–Crippen MR) is 306 cm³/mol. The van der Waals surface area contributed by atoms with E-state index in [0.29, 0.717) is 24.5 Å². The second-order valence-corrected chi connectivity index (χ2v) is 19.4. The lowest BCUT2D eigenvalue weighted by atomic mass is 9.99. The molecule has 404 valence electrons. The van der Waals surface area contributed by atoms with Crippen molar-refractivity contribution in [1.29, 1.82) is 0 Å². The van der Waals surface area contributed by atoms with Crippen molar-refractivity contribution >= 4 is 87.3 Å². The molecule has 78 heavy (non-hydrogen) atoms. The molecule has 6 heterocycles. The lowest BCUT2D eigenvalue weighted by Gasteiger charge is -2.34. The minimum atomic E-state index is -0.524. The van der Waals surface area contributed by atoms with Gasteiger partial charge in [0, 0.05) is 113 Å². The van der Waals surface area contributed by atoms with Crippen LogP contribution in [0.25, 0.3) is 11.1 Å². The van der Waals surface area contributed by atoms with Crippen molar-refractivity contribution in [2.45, 2.75) is 25.8 Å². The highest BCUT2D eigenvalue weighted by Gasteiger charge is 2.22. The highest BCUT2D eigenvalue weighted by molar-refractivity contribution is 5.94. The van der Waals surface area contributed by atoms with Crippen LogP contribution in [-0.4, -0.2) is 157 Å². The first-order valence-corrected chi connectivity index (χ1v) is 25.9. The monoisotopic (exact) mass is 1050 g/mol. The number of benzene rings is 4. The number of allylic oxidation sites excluding steroid dienone is 1. The van der Waals surface area contributed by atoms with E-state index in [1.807, 2.05) is 60.9 Å². The average Bonchev–Trinajstić information content (AvgIpc) is 4.23. The Morgan fingerprint density at radius 3 is 1.46 bits per heavy atom. The van der Waals surface area contributed by atoms with Crippen LogP contribution in [0.2, 0.25) is 0 Å². The van der Waals surface area contributed by atoms with Crippen molar-refractivity contribution in [2.24, 2.45) is 0 Å². The normalized spacial score (nSPS) is 16.1. The number of anilines is 9. The molecule has 0 radical (unpaired) electrons. The third kappa shape index (κ3) is 13.6. The maximum atomic E-state index is 12.9. The minimum absolute atomic E-state index is 0.0253. The Bertz CT molecular complexity index is 3170. The fourth-order valence-electron chi connectivity index (χ4n) is 9.31. The fraction of sp³-hybridized carbons (Fsp3) is 0.286. The van der Waals surface area contributed by atoms with Gasteiger partial charge in [0.1, 0.15) is 0 Å². The Balaban J connectivity index is 0.000000190. The number of rotatable bonds is 13. The Morgan fingerprint density at radius 2 is 0.974 bits per heavy atom. The molecule has 22 nitrogen and oxygen atoms in total. The molecule has 2 aromatic heterocycles. The molecule has 4 aliphatic heterocycles. The van der Waals surface area contributed by atoms with Gasteiger partial charge >= 0.3 is 12.1 Å². The Hall–Kier alpha value is -9.12. The van der Waals surface area contributed by atoms with E-state index in [1.54, 1.807) is 34.1 Å². The van der Waals surface area contributed by atoms with Gasteiger partial charge in [0.15, 0.2) is 0 Å². The molecule has 6 aromatic rings. The predicted octanol–water partition coefficient (Wildman–Crippen LogP) is 6.78. The number of nitrogens with zero attached hydrogens (tertiary/aromatic N) is 12. The molecule has 0 unspecified atom stereocenters. The average molecular weight is 1060 g/mol. The van der Waals surface area contributed by atoms with E-state index in [1.165, 1.54) is 23.4 Å². The minimum Gasteiger partial charge on any atom is -0.369 e. The summed E-state index contributed by atoms with van der Waals surface area (Å²) in [6, 6.07) is 29.9. The molecule has 8 N–H and O–H groups in total. The first-order chi connectivity index (χ1) is 37.8. The Morgan fingerprint density at radius 1 is 0.538 bits per heavy atom. The second kappa shape index (κ2) is 24.7. The number of nitrogens with one attached hydrogen (secondary N) is 4. The van der Waals surface area contributed by atoms with E-state index in [4.69, 9.17) is 11.5 Å². The van der Waals surface area contributed by atoms with Gasteiger partial charge in [-0.2, -0.15) is 9.97 Å². The standard InChI is InChI=1S/C29H35N9O2.C27H31N9O2/c1-3-26(39)37-14-4-5-23(20-37)22-8-12-25(13-9-22)32-29(40)38-27(30)33-28(34-38)31-24-10-6-21(7-11-24)19-36-17-15-35(2)16-18-36;1-3-24(37)35-13-12-20(18-35)19-4-6-22(7-5-19)30-27(38)36-25(28)31-26(32-36)29-21-8-10-23(11-9-21)34-16-14-33(2)15-17-34/h3,6-13,20H,1,4-5,14-19H2,2H3,(H,32,40)(H3,30,31,33,34);3-11,18H,1,12-17H2,2H3,(H,30,38)(H3,28,29,31,32). The summed E-state index contributed by atoms with van der Waals surface area (Å²) >= 11 is 0. The Labute approximate surface area is 453 Å². The van der Waals surface area contributed by atoms with Gasteiger partial charge in [-0.05, 0) is 134 Å². The summed E-state index contributed by atoms with van der Waals surface area (Å²) in [6.07, 6.45) is 8.84. The topological polar surface area (TPSA) is 249 Å². The zero-order valence-electron chi connectivity index (χ0n) is 44.0. The van der Waals surface area contributed by atoms with Crippen LogP contribution in [0.1, 0.15) is 36.0 Å². The van der Waals surface area contributed by atoms with E-state index in [2.05, 4.69) is 113 Å². The number of hydrogen-bond donors (Lipinski definition) is 6. The van der Waals surface area contributed by atoms with Gasteiger partial charge in [0.2, 0.25) is 35.6 Å². The molecule has 4 aromatic carbocycles. The van der Waals surface area contributed by atoms with E-state index < -0.39 is 12.1 Å². The molecule has 22 heteroatoms. The van der Waals surface area contributed by atoms with Gasteiger partial charge in [0.25, 0.3) is 0 Å². The molecule has 2 saturated heterocycles. The van der Waals surface area contributed by atoms with Crippen LogP contribution in [-0.2, 0) is 16.1 Å². The quantitative estimate of drug-likeness (QED) is 0.0653.